The molecule has 36 heavy (non-hydrogen) atoms. The fraction of sp³-hybridized carbons (Fsp3) is 0.250. The molecular weight excluding hydrogens is 478 g/mol. The predicted molar refractivity (Wildman–Crippen MR) is 140 cm³/mol. The third kappa shape index (κ3) is 6.64. The zero-order chi connectivity index (χ0) is 25.5. The standard InChI is InChI=1S/C28H28ClN3O4/c1-19-7-8-22(16-25(19)29)31-26(33)18-36-24-11-9-23(10-12-24)32-17-21(15-27(32)34)28(35)30-14-13-20-5-3-2-4-6-20/h2-12,16,21H,13-15,17-18H2,1H3,(H,30,35)(H,31,33)/t21-/m1/s1. The molecule has 0 bridgehead atoms. The van der Waals surface area contributed by atoms with Crippen molar-refractivity contribution in [3.8, 4) is 5.75 Å². The summed E-state index contributed by atoms with van der Waals surface area (Å²) in [6, 6.07) is 22.1. The van der Waals surface area contributed by atoms with Gasteiger partial charge in [0.25, 0.3) is 5.91 Å². The van der Waals surface area contributed by atoms with E-state index in [2.05, 4.69) is 10.6 Å². The molecule has 1 aliphatic heterocycles. The summed E-state index contributed by atoms with van der Waals surface area (Å²) in [7, 11) is 0. The van der Waals surface area contributed by atoms with Gasteiger partial charge in [-0.3, -0.25) is 14.4 Å². The van der Waals surface area contributed by atoms with Gasteiger partial charge in [-0.25, -0.2) is 0 Å². The lowest BCUT2D eigenvalue weighted by Gasteiger charge is -2.17. The molecule has 0 aromatic heterocycles. The van der Waals surface area contributed by atoms with Gasteiger partial charge in [-0.2, -0.15) is 0 Å². The molecule has 7 nitrogen and oxygen atoms in total. The summed E-state index contributed by atoms with van der Waals surface area (Å²) in [5, 5.41) is 6.26. The third-order valence-electron chi connectivity index (χ3n) is 6.03. The molecular formula is C28H28ClN3O4. The van der Waals surface area contributed by atoms with E-state index in [1.54, 1.807) is 41.3 Å². The molecule has 3 aromatic rings. The summed E-state index contributed by atoms with van der Waals surface area (Å²) in [6.45, 7) is 2.58. The minimum Gasteiger partial charge on any atom is -0.484 e. The van der Waals surface area contributed by atoms with Crippen molar-refractivity contribution in [2.45, 2.75) is 19.8 Å². The number of carbonyl (C=O) groups excluding carboxylic acids is 3. The summed E-state index contributed by atoms with van der Waals surface area (Å²) in [5.41, 5.74) is 3.37. The second-order valence-corrected chi connectivity index (χ2v) is 9.13. The average molecular weight is 506 g/mol. The van der Waals surface area contributed by atoms with E-state index in [0.29, 0.717) is 35.2 Å². The Hall–Kier alpha value is -3.84. The smallest absolute Gasteiger partial charge is 0.262 e. The number of hydrogen-bond donors (Lipinski definition) is 2. The van der Waals surface area contributed by atoms with Crippen LogP contribution in [0.2, 0.25) is 5.02 Å². The molecule has 0 saturated carbocycles. The molecule has 4 rings (SSSR count). The van der Waals surface area contributed by atoms with Gasteiger partial charge in [0.05, 0.1) is 5.92 Å². The van der Waals surface area contributed by atoms with Crippen molar-refractivity contribution in [2.24, 2.45) is 5.92 Å². The number of rotatable bonds is 9. The summed E-state index contributed by atoms with van der Waals surface area (Å²) in [6.07, 6.45) is 0.924. The van der Waals surface area contributed by atoms with Crippen molar-refractivity contribution in [1.82, 2.24) is 5.32 Å². The molecule has 1 fully saturated rings. The van der Waals surface area contributed by atoms with Crippen LogP contribution in [0.15, 0.2) is 72.8 Å². The first-order valence-corrected chi connectivity index (χ1v) is 12.2. The maximum atomic E-state index is 12.6. The highest BCUT2D eigenvalue weighted by atomic mass is 35.5. The van der Waals surface area contributed by atoms with Crippen molar-refractivity contribution in [3.63, 3.8) is 0 Å². The Labute approximate surface area is 215 Å². The number of nitrogens with zero attached hydrogens (tertiary/aromatic N) is 1. The Morgan fingerprint density at radius 3 is 2.53 bits per heavy atom. The van der Waals surface area contributed by atoms with Crippen LogP contribution >= 0.6 is 11.6 Å². The Morgan fingerprint density at radius 1 is 1.06 bits per heavy atom. The number of benzene rings is 3. The summed E-state index contributed by atoms with van der Waals surface area (Å²) < 4.78 is 5.57. The number of anilines is 2. The molecule has 1 atom stereocenters. The van der Waals surface area contributed by atoms with Crippen LogP contribution in [0.5, 0.6) is 5.75 Å². The van der Waals surface area contributed by atoms with Crippen LogP contribution in [0.25, 0.3) is 0 Å². The molecule has 0 spiro atoms. The minimum absolute atomic E-state index is 0.0944. The Kier molecular flexibility index (Phi) is 8.23. The second-order valence-electron chi connectivity index (χ2n) is 8.73. The molecule has 2 N–H and O–H groups in total. The molecule has 3 aromatic carbocycles. The number of nitrogens with one attached hydrogen (secondary N) is 2. The molecule has 0 radical (unpaired) electrons. The molecule has 0 aliphatic carbocycles. The largest absolute Gasteiger partial charge is 0.484 e. The number of hydrogen-bond acceptors (Lipinski definition) is 4. The van der Waals surface area contributed by atoms with Crippen molar-refractivity contribution < 1.29 is 19.1 Å². The van der Waals surface area contributed by atoms with E-state index in [1.807, 2.05) is 43.3 Å². The topological polar surface area (TPSA) is 87.7 Å². The van der Waals surface area contributed by atoms with Gasteiger partial charge in [0.15, 0.2) is 6.61 Å². The van der Waals surface area contributed by atoms with E-state index in [0.717, 1.165) is 17.5 Å². The maximum Gasteiger partial charge on any atom is 0.262 e. The van der Waals surface area contributed by atoms with Gasteiger partial charge in [-0.1, -0.05) is 48.0 Å². The monoisotopic (exact) mass is 505 g/mol. The lowest BCUT2D eigenvalue weighted by Crippen LogP contribution is -2.34. The number of halogens is 1. The molecule has 1 saturated heterocycles. The zero-order valence-electron chi connectivity index (χ0n) is 20.0. The van der Waals surface area contributed by atoms with Crippen molar-refractivity contribution in [1.29, 1.82) is 0 Å². The van der Waals surface area contributed by atoms with E-state index >= 15 is 0 Å². The number of aryl methyl sites for hydroxylation is 1. The third-order valence-corrected chi connectivity index (χ3v) is 6.43. The summed E-state index contributed by atoms with van der Waals surface area (Å²) in [4.78, 5) is 38.9. The Balaban J connectivity index is 1.24. The lowest BCUT2D eigenvalue weighted by molar-refractivity contribution is -0.126. The Bertz CT molecular complexity index is 1230. The van der Waals surface area contributed by atoms with Crippen LogP contribution in [0, 0.1) is 12.8 Å². The van der Waals surface area contributed by atoms with Crippen LogP contribution in [-0.4, -0.2) is 37.4 Å². The van der Waals surface area contributed by atoms with Crippen molar-refractivity contribution >= 4 is 40.7 Å². The first-order chi connectivity index (χ1) is 17.4. The van der Waals surface area contributed by atoms with Gasteiger partial charge in [0.1, 0.15) is 5.75 Å². The highest BCUT2D eigenvalue weighted by Crippen LogP contribution is 2.27. The SMILES string of the molecule is Cc1ccc(NC(=O)COc2ccc(N3C[C@H](C(=O)NCCc4ccccc4)CC3=O)cc2)cc1Cl. The maximum absolute atomic E-state index is 12.6. The summed E-state index contributed by atoms with van der Waals surface area (Å²) >= 11 is 6.09. The van der Waals surface area contributed by atoms with E-state index < -0.39 is 0 Å². The molecule has 1 aliphatic rings. The normalized spacial score (nSPS) is 15.0. The lowest BCUT2D eigenvalue weighted by atomic mass is 10.1. The van der Waals surface area contributed by atoms with Gasteiger partial charge < -0.3 is 20.3 Å². The fourth-order valence-electron chi connectivity index (χ4n) is 3.99. The Morgan fingerprint density at radius 2 is 1.81 bits per heavy atom. The highest BCUT2D eigenvalue weighted by Gasteiger charge is 2.34. The van der Waals surface area contributed by atoms with E-state index in [-0.39, 0.29) is 36.7 Å². The van der Waals surface area contributed by atoms with Crippen LogP contribution in [0.3, 0.4) is 0 Å². The minimum atomic E-state index is -0.386. The first-order valence-electron chi connectivity index (χ1n) is 11.8. The van der Waals surface area contributed by atoms with Crippen LogP contribution in [0.1, 0.15) is 17.5 Å². The van der Waals surface area contributed by atoms with Gasteiger partial charge >= 0.3 is 0 Å². The van der Waals surface area contributed by atoms with Crippen molar-refractivity contribution in [3.05, 3.63) is 88.9 Å². The zero-order valence-corrected chi connectivity index (χ0v) is 20.8. The number of ether oxygens (including phenoxy) is 1. The molecule has 3 amide bonds. The predicted octanol–water partition coefficient (Wildman–Crippen LogP) is 4.38. The van der Waals surface area contributed by atoms with Crippen LogP contribution in [-0.2, 0) is 20.8 Å². The van der Waals surface area contributed by atoms with E-state index in [9.17, 15) is 14.4 Å². The van der Waals surface area contributed by atoms with Crippen LogP contribution in [0.4, 0.5) is 11.4 Å². The van der Waals surface area contributed by atoms with Gasteiger partial charge in [-0.05, 0) is 60.9 Å². The van der Waals surface area contributed by atoms with E-state index in [1.165, 1.54) is 0 Å². The van der Waals surface area contributed by atoms with Gasteiger partial charge in [0.2, 0.25) is 11.8 Å². The number of carbonyl (C=O) groups is 3. The first kappa shape index (κ1) is 25.3. The highest BCUT2D eigenvalue weighted by molar-refractivity contribution is 6.31. The number of amides is 3. The van der Waals surface area contributed by atoms with E-state index in [4.69, 9.17) is 16.3 Å². The molecule has 1 heterocycles. The molecule has 0 unspecified atom stereocenters. The quantitative estimate of drug-likeness (QED) is 0.452. The van der Waals surface area contributed by atoms with Crippen molar-refractivity contribution in [2.75, 3.05) is 29.9 Å². The van der Waals surface area contributed by atoms with Gasteiger partial charge in [0, 0.05) is 35.9 Å². The molecule has 186 valence electrons. The molecule has 8 heteroatoms. The van der Waals surface area contributed by atoms with Crippen LogP contribution < -0.4 is 20.3 Å². The second kappa shape index (κ2) is 11.7. The van der Waals surface area contributed by atoms with Gasteiger partial charge in [-0.15, -0.1) is 0 Å². The summed E-state index contributed by atoms with van der Waals surface area (Å²) in [5.74, 6) is -0.402. The average Bonchev–Trinajstić information content (AvgIpc) is 3.27. The fourth-order valence-corrected chi connectivity index (χ4v) is 4.17.